The largest absolute Gasteiger partial charge is 0.486 e. The molecule has 118 valence electrons. The fourth-order valence-electron chi connectivity index (χ4n) is 3.07. The molecule has 2 atom stereocenters. The molecule has 6 heteroatoms. The number of fused-ring (bicyclic) bond motifs is 1. The van der Waals surface area contributed by atoms with Crippen molar-refractivity contribution in [3.63, 3.8) is 0 Å². The molecular weight excluding hydrogens is 304 g/mol. The lowest BCUT2D eigenvalue weighted by Gasteiger charge is -2.23. The van der Waals surface area contributed by atoms with Gasteiger partial charge in [-0.05, 0) is 25.3 Å². The summed E-state index contributed by atoms with van der Waals surface area (Å²) >= 11 is 6.34. The molecule has 1 aromatic carbocycles. The molecule has 3 heterocycles. The third kappa shape index (κ3) is 2.69. The zero-order chi connectivity index (χ0) is 14.9. The van der Waals surface area contributed by atoms with Gasteiger partial charge in [0.15, 0.2) is 6.23 Å². The molecule has 0 N–H and O–H groups in total. The molecule has 22 heavy (non-hydrogen) atoms. The van der Waals surface area contributed by atoms with Crippen LogP contribution in [0.1, 0.15) is 31.9 Å². The van der Waals surface area contributed by atoms with Gasteiger partial charge in [-0.3, -0.25) is 0 Å². The van der Waals surface area contributed by atoms with Crippen molar-refractivity contribution >= 4 is 22.5 Å². The minimum Gasteiger partial charge on any atom is -0.486 e. The summed E-state index contributed by atoms with van der Waals surface area (Å²) < 4.78 is 19.1. The van der Waals surface area contributed by atoms with Crippen LogP contribution in [0.3, 0.4) is 0 Å². The Morgan fingerprint density at radius 3 is 2.95 bits per heavy atom. The van der Waals surface area contributed by atoms with Crippen LogP contribution in [-0.4, -0.2) is 35.7 Å². The van der Waals surface area contributed by atoms with Crippen LogP contribution in [0, 0.1) is 0 Å². The lowest BCUT2D eigenvalue weighted by Crippen LogP contribution is -2.19. The van der Waals surface area contributed by atoms with Crippen LogP contribution in [0.15, 0.2) is 18.3 Å². The predicted octanol–water partition coefficient (Wildman–Crippen LogP) is 3.56. The monoisotopic (exact) mass is 322 g/mol. The summed E-state index contributed by atoms with van der Waals surface area (Å²) in [5.74, 6) is 0.697. The van der Waals surface area contributed by atoms with Gasteiger partial charge in [-0.15, -0.1) is 0 Å². The molecule has 2 aromatic rings. The second kappa shape index (κ2) is 6.07. The number of halogens is 1. The average molecular weight is 323 g/mol. The van der Waals surface area contributed by atoms with Crippen molar-refractivity contribution in [3.05, 3.63) is 23.4 Å². The summed E-state index contributed by atoms with van der Waals surface area (Å²) in [6, 6.07) is 3.88. The van der Waals surface area contributed by atoms with Crippen molar-refractivity contribution in [3.8, 4) is 5.75 Å². The van der Waals surface area contributed by atoms with Crippen LogP contribution < -0.4 is 4.74 Å². The number of rotatable bonds is 3. The Kier molecular flexibility index (Phi) is 3.94. The van der Waals surface area contributed by atoms with Crippen molar-refractivity contribution in [1.29, 1.82) is 0 Å². The fourth-order valence-corrected chi connectivity index (χ4v) is 3.28. The van der Waals surface area contributed by atoms with E-state index in [-0.39, 0.29) is 12.3 Å². The molecule has 5 nitrogen and oxygen atoms in total. The maximum atomic E-state index is 6.34. The van der Waals surface area contributed by atoms with Crippen LogP contribution in [-0.2, 0) is 9.47 Å². The molecule has 0 saturated carbocycles. The van der Waals surface area contributed by atoms with Gasteiger partial charge in [0, 0.05) is 24.5 Å². The number of aromatic nitrogens is 2. The Labute approximate surface area is 134 Å². The molecule has 0 radical (unpaired) electrons. The molecule has 2 aliphatic rings. The van der Waals surface area contributed by atoms with Crippen molar-refractivity contribution in [2.45, 2.75) is 38.0 Å². The molecule has 1 aromatic heterocycles. The summed E-state index contributed by atoms with van der Waals surface area (Å²) in [5.41, 5.74) is 1.00. The van der Waals surface area contributed by atoms with E-state index in [1.54, 1.807) is 0 Å². The minimum atomic E-state index is 0.00934. The number of nitrogens with zero attached hydrogens (tertiary/aromatic N) is 2. The second-order valence-corrected chi connectivity index (χ2v) is 6.26. The van der Waals surface area contributed by atoms with E-state index in [4.69, 9.17) is 25.8 Å². The zero-order valence-corrected chi connectivity index (χ0v) is 13.1. The summed E-state index contributed by atoms with van der Waals surface area (Å²) in [6.45, 7) is 2.17. The van der Waals surface area contributed by atoms with Gasteiger partial charge < -0.3 is 14.2 Å². The first-order valence-corrected chi connectivity index (χ1v) is 8.22. The van der Waals surface area contributed by atoms with Gasteiger partial charge in [-0.25, -0.2) is 4.68 Å². The second-order valence-electron chi connectivity index (χ2n) is 5.86. The van der Waals surface area contributed by atoms with Gasteiger partial charge in [0.05, 0.1) is 29.9 Å². The van der Waals surface area contributed by atoms with Crippen molar-refractivity contribution in [2.24, 2.45) is 0 Å². The van der Waals surface area contributed by atoms with E-state index in [2.05, 4.69) is 5.10 Å². The molecule has 0 bridgehead atoms. The van der Waals surface area contributed by atoms with E-state index in [1.807, 2.05) is 23.0 Å². The highest BCUT2D eigenvalue weighted by atomic mass is 35.5. The molecule has 2 aliphatic heterocycles. The van der Waals surface area contributed by atoms with Gasteiger partial charge >= 0.3 is 0 Å². The Balaban J connectivity index is 1.67. The third-order valence-corrected chi connectivity index (χ3v) is 4.55. The van der Waals surface area contributed by atoms with Crippen LogP contribution in [0.4, 0.5) is 0 Å². The smallest absolute Gasteiger partial charge is 0.150 e. The molecule has 4 rings (SSSR count). The van der Waals surface area contributed by atoms with Crippen LogP contribution in [0.2, 0.25) is 5.02 Å². The number of hydrogen-bond donors (Lipinski definition) is 0. The molecule has 1 unspecified atom stereocenters. The van der Waals surface area contributed by atoms with E-state index in [1.165, 1.54) is 6.42 Å². The number of ether oxygens (including phenoxy) is 3. The lowest BCUT2D eigenvalue weighted by molar-refractivity contribution is -0.0366. The minimum absolute atomic E-state index is 0.00934. The highest BCUT2D eigenvalue weighted by Crippen LogP contribution is 2.34. The Hall–Kier alpha value is -1.30. The Morgan fingerprint density at radius 2 is 2.18 bits per heavy atom. The van der Waals surface area contributed by atoms with Gasteiger partial charge in [0.25, 0.3) is 0 Å². The summed E-state index contributed by atoms with van der Waals surface area (Å²) in [5, 5.41) is 6.11. The molecule has 2 fully saturated rings. The standard InChI is InChI=1S/C16H19ClN2O3/c17-13-7-11-9-18-19(16-3-1-2-5-21-16)14(11)8-15(13)22-12-4-6-20-10-12/h7-9,12,16H,1-6,10H2/t12-,16?/m0/s1. The normalized spacial score (nSPS) is 25.7. The SMILES string of the molecule is Clc1cc2cnn(C3CCCCO3)c2cc1O[C@H]1CCOC1. The van der Waals surface area contributed by atoms with Crippen LogP contribution >= 0.6 is 11.6 Å². The Morgan fingerprint density at radius 1 is 1.23 bits per heavy atom. The van der Waals surface area contributed by atoms with Gasteiger partial charge in [-0.2, -0.15) is 5.10 Å². The highest BCUT2D eigenvalue weighted by molar-refractivity contribution is 6.32. The molecule has 0 aliphatic carbocycles. The van der Waals surface area contributed by atoms with E-state index in [9.17, 15) is 0 Å². The fraction of sp³-hybridized carbons (Fsp3) is 0.562. The summed E-state index contributed by atoms with van der Waals surface area (Å²) in [4.78, 5) is 0. The van der Waals surface area contributed by atoms with Crippen molar-refractivity contribution < 1.29 is 14.2 Å². The highest BCUT2D eigenvalue weighted by Gasteiger charge is 2.22. The molecular formula is C16H19ClN2O3. The maximum Gasteiger partial charge on any atom is 0.150 e. The summed E-state index contributed by atoms with van der Waals surface area (Å²) in [7, 11) is 0. The van der Waals surface area contributed by atoms with Crippen molar-refractivity contribution in [2.75, 3.05) is 19.8 Å². The quantitative estimate of drug-likeness (QED) is 0.867. The number of benzene rings is 1. The lowest BCUT2D eigenvalue weighted by atomic mass is 10.2. The van der Waals surface area contributed by atoms with Crippen molar-refractivity contribution in [1.82, 2.24) is 9.78 Å². The van der Waals surface area contributed by atoms with Gasteiger partial charge in [0.1, 0.15) is 11.9 Å². The first-order chi connectivity index (χ1) is 10.8. The third-order valence-electron chi connectivity index (χ3n) is 4.26. The van der Waals surface area contributed by atoms with Crippen LogP contribution in [0.5, 0.6) is 5.75 Å². The first kappa shape index (κ1) is 14.3. The predicted molar refractivity (Wildman–Crippen MR) is 83.4 cm³/mol. The summed E-state index contributed by atoms with van der Waals surface area (Å²) in [6.07, 6.45) is 6.11. The molecule has 0 spiro atoms. The average Bonchev–Trinajstić information content (AvgIpc) is 3.18. The van der Waals surface area contributed by atoms with Gasteiger partial charge in [-0.1, -0.05) is 11.6 Å². The Bertz CT molecular complexity index is 661. The van der Waals surface area contributed by atoms with Gasteiger partial charge in [0.2, 0.25) is 0 Å². The molecule has 0 amide bonds. The first-order valence-electron chi connectivity index (χ1n) is 7.84. The molecule has 2 saturated heterocycles. The van der Waals surface area contributed by atoms with Crippen LogP contribution in [0.25, 0.3) is 10.9 Å². The number of hydrogen-bond acceptors (Lipinski definition) is 4. The van der Waals surface area contributed by atoms with E-state index < -0.39 is 0 Å². The van der Waals surface area contributed by atoms with E-state index >= 15 is 0 Å². The van der Waals surface area contributed by atoms with E-state index in [0.29, 0.717) is 17.4 Å². The topological polar surface area (TPSA) is 45.5 Å². The van der Waals surface area contributed by atoms with E-state index in [0.717, 1.165) is 43.4 Å². The zero-order valence-electron chi connectivity index (χ0n) is 12.3. The maximum absolute atomic E-state index is 6.34.